The van der Waals surface area contributed by atoms with Crippen LogP contribution in [0.3, 0.4) is 0 Å². The fraction of sp³-hybridized carbons (Fsp3) is 0.467. The Morgan fingerprint density at radius 1 is 1.38 bits per heavy atom. The number of benzene rings is 1. The van der Waals surface area contributed by atoms with E-state index in [9.17, 15) is 4.79 Å². The van der Waals surface area contributed by atoms with Gasteiger partial charge in [-0.1, -0.05) is 29.8 Å². The van der Waals surface area contributed by atoms with E-state index in [1.807, 2.05) is 38.1 Å². The molecule has 6 heteroatoms. The van der Waals surface area contributed by atoms with Crippen LogP contribution in [-0.4, -0.2) is 44.0 Å². The predicted octanol–water partition coefficient (Wildman–Crippen LogP) is 2.04. The molecule has 21 heavy (non-hydrogen) atoms. The SMILES string of the molecule is CCNC(=NCC(=O)N(C)C)NC(C)c1ccccc1Cl. The Morgan fingerprint density at radius 2 is 2.05 bits per heavy atom. The van der Waals surface area contributed by atoms with Crippen molar-refractivity contribution in [1.29, 1.82) is 0 Å². The maximum absolute atomic E-state index is 11.6. The Labute approximate surface area is 131 Å². The largest absolute Gasteiger partial charge is 0.357 e. The highest BCUT2D eigenvalue weighted by Gasteiger charge is 2.11. The number of nitrogens with zero attached hydrogens (tertiary/aromatic N) is 2. The second-order valence-corrected chi connectivity index (χ2v) is 5.28. The quantitative estimate of drug-likeness (QED) is 0.646. The van der Waals surface area contributed by atoms with Crippen LogP contribution in [0.5, 0.6) is 0 Å². The number of guanidine groups is 1. The molecule has 1 unspecified atom stereocenters. The van der Waals surface area contributed by atoms with Crippen LogP contribution < -0.4 is 10.6 Å². The molecular weight excluding hydrogens is 288 g/mol. The van der Waals surface area contributed by atoms with Gasteiger partial charge in [-0.05, 0) is 25.5 Å². The van der Waals surface area contributed by atoms with Crippen LogP contribution >= 0.6 is 11.6 Å². The molecule has 1 atom stereocenters. The highest BCUT2D eigenvalue weighted by molar-refractivity contribution is 6.31. The summed E-state index contributed by atoms with van der Waals surface area (Å²) in [5, 5.41) is 7.08. The van der Waals surface area contributed by atoms with Crippen LogP contribution in [0.2, 0.25) is 5.02 Å². The summed E-state index contributed by atoms with van der Waals surface area (Å²) in [5.41, 5.74) is 0.990. The third-order valence-electron chi connectivity index (χ3n) is 2.94. The Morgan fingerprint density at radius 3 is 2.62 bits per heavy atom. The summed E-state index contributed by atoms with van der Waals surface area (Å²) in [5.74, 6) is 0.553. The topological polar surface area (TPSA) is 56.7 Å². The summed E-state index contributed by atoms with van der Waals surface area (Å²) in [4.78, 5) is 17.4. The van der Waals surface area contributed by atoms with Crippen molar-refractivity contribution in [2.24, 2.45) is 4.99 Å². The minimum Gasteiger partial charge on any atom is -0.357 e. The molecule has 1 amide bonds. The number of likely N-dealkylation sites (N-methyl/N-ethyl adjacent to an activating group) is 1. The van der Waals surface area contributed by atoms with Crippen molar-refractivity contribution in [2.45, 2.75) is 19.9 Å². The number of rotatable bonds is 5. The van der Waals surface area contributed by atoms with E-state index < -0.39 is 0 Å². The summed E-state index contributed by atoms with van der Waals surface area (Å²) >= 11 is 6.19. The molecule has 0 aliphatic heterocycles. The fourth-order valence-corrected chi connectivity index (χ4v) is 2.02. The number of nitrogens with one attached hydrogen (secondary N) is 2. The molecule has 1 aromatic rings. The average Bonchev–Trinajstić information content (AvgIpc) is 2.44. The number of amides is 1. The molecule has 0 fully saturated rings. The summed E-state index contributed by atoms with van der Waals surface area (Å²) in [6, 6.07) is 7.65. The molecular formula is C15H23ClN4O. The third-order valence-corrected chi connectivity index (χ3v) is 3.28. The molecule has 1 rings (SSSR count). The summed E-state index contributed by atoms with van der Waals surface area (Å²) in [6.45, 7) is 4.81. The number of hydrogen-bond donors (Lipinski definition) is 2. The van der Waals surface area contributed by atoms with E-state index in [2.05, 4.69) is 15.6 Å². The van der Waals surface area contributed by atoms with E-state index in [0.29, 0.717) is 11.0 Å². The van der Waals surface area contributed by atoms with Gasteiger partial charge in [-0.3, -0.25) is 4.79 Å². The Kier molecular flexibility index (Phi) is 7.02. The number of carbonyl (C=O) groups excluding carboxylic acids is 1. The smallest absolute Gasteiger partial charge is 0.243 e. The fourth-order valence-electron chi connectivity index (χ4n) is 1.72. The standard InChI is InChI=1S/C15H23ClN4O/c1-5-17-15(18-10-14(21)20(3)4)19-11(2)12-8-6-7-9-13(12)16/h6-9,11H,5,10H2,1-4H3,(H2,17,18,19). The van der Waals surface area contributed by atoms with Gasteiger partial charge in [0.25, 0.3) is 0 Å². The summed E-state index contributed by atoms with van der Waals surface area (Å²) < 4.78 is 0. The van der Waals surface area contributed by atoms with E-state index in [0.717, 1.165) is 12.1 Å². The lowest BCUT2D eigenvalue weighted by molar-refractivity contribution is -0.127. The van der Waals surface area contributed by atoms with Gasteiger partial charge in [0.15, 0.2) is 5.96 Å². The molecule has 0 aliphatic rings. The van der Waals surface area contributed by atoms with Gasteiger partial charge in [0, 0.05) is 25.7 Å². The third kappa shape index (κ3) is 5.63. The lowest BCUT2D eigenvalue weighted by Gasteiger charge is -2.19. The number of halogens is 1. The molecule has 116 valence electrons. The van der Waals surface area contributed by atoms with E-state index in [1.54, 1.807) is 14.1 Å². The first-order chi connectivity index (χ1) is 9.95. The number of aliphatic imine (C=N–C) groups is 1. The van der Waals surface area contributed by atoms with Crippen LogP contribution in [-0.2, 0) is 4.79 Å². The van der Waals surface area contributed by atoms with Gasteiger partial charge in [0.2, 0.25) is 5.91 Å². The Hall–Kier alpha value is -1.75. The van der Waals surface area contributed by atoms with E-state index >= 15 is 0 Å². The zero-order chi connectivity index (χ0) is 15.8. The molecule has 0 spiro atoms. The van der Waals surface area contributed by atoms with Crippen molar-refractivity contribution in [3.8, 4) is 0 Å². The van der Waals surface area contributed by atoms with Gasteiger partial charge in [0.05, 0.1) is 6.04 Å². The second-order valence-electron chi connectivity index (χ2n) is 4.87. The molecule has 1 aromatic carbocycles. The highest BCUT2D eigenvalue weighted by atomic mass is 35.5. The summed E-state index contributed by atoms with van der Waals surface area (Å²) in [6.07, 6.45) is 0. The maximum Gasteiger partial charge on any atom is 0.243 e. The molecule has 0 bridgehead atoms. The van der Waals surface area contributed by atoms with Gasteiger partial charge < -0.3 is 15.5 Å². The van der Waals surface area contributed by atoms with Crippen LogP contribution in [0.25, 0.3) is 0 Å². The molecule has 0 saturated heterocycles. The number of hydrogen-bond acceptors (Lipinski definition) is 2. The predicted molar refractivity (Wildman–Crippen MR) is 87.7 cm³/mol. The van der Waals surface area contributed by atoms with Crippen molar-refractivity contribution in [3.63, 3.8) is 0 Å². The van der Waals surface area contributed by atoms with Gasteiger partial charge in [-0.2, -0.15) is 0 Å². The van der Waals surface area contributed by atoms with Gasteiger partial charge in [0.1, 0.15) is 6.54 Å². The van der Waals surface area contributed by atoms with Crippen LogP contribution in [0.1, 0.15) is 25.5 Å². The zero-order valence-corrected chi connectivity index (χ0v) is 13.7. The zero-order valence-electron chi connectivity index (χ0n) is 13.0. The van der Waals surface area contributed by atoms with Gasteiger partial charge in [-0.15, -0.1) is 0 Å². The normalized spacial score (nSPS) is 12.7. The Bertz CT molecular complexity index is 502. The highest BCUT2D eigenvalue weighted by Crippen LogP contribution is 2.21. The number of carbonyl (C=O) groups is 1. The van der Waals surface area contributed by atoms with Gasteiger partial charge >= 0.3 is 0 Å². The molecule has 2 N–H and O–H groups in total. The van der Waals surface area contributed by atoms with Crippen molar-refractivity contribution in [2.75, 3.05) is 27.2 Å². The monoisotopic (exact) mass is 310 g/mol. The minimum absolute atomic E-state index is 0.00837. The lowest BCUT2D eigenvalue weighted by Crippen LogP contribution is -2.39. The van der Waals surface area contributed by atoms with Crippen LogP contribution in [0.4, 0.5) is 0 Å². The maximum atomic E-state index is 11.6. The van der Waals surface area contributed by atoms with Crippen molar-refractivity contribution >= 4 is 23.5 Å². The lowest BCUT2D eigenvalue weighted by atomic mass is 10.1. The molecule has 0 radical (unpaired) electrons. The van der Waals surface area contributed by atoms with Crippen LogP contribution in [0, 0.1) is 0 Å². The second kappa shape index (κ2) is 8.52. The van der Waals surface area contributed by atoms with Crippen molar-refractivity contribution < 1.29 is 4.79 Å². The average molecular weight is 311 g/mol. The minimum atomic E-state index is -0.0439. The first kappa shape index (κ1) is 17.3. The van der Waals surface area contributed by atoms with E-state index in [4.69, 9.17) is 11.6 Å². The molecule has 0 saturated carbocycles. The van der Waals surface area contributed by atoms with Gasteiger partial charge in [-0.25, -0.2) is 4.99 Å². The first-order valence-electron chi connectivity index (χ1n) is 6.95. The van der Waals surface area contributed by atoms with Crippen molar-refractivity contribution in [1.82, 2.24) is 15.5 Å². The molecule has 5 nitrogen and oxygen atoms in total. The first-order valence-corrected chi connectivity index (χ1v) is 7.33. The van der Waals surface area contributed by atoms with E-state index in [1.165, 1.54) is 4.90 Å². The molecule has 0 heterocycles. The van der Waals surface area contributed by atoms with Crippen molar-refractivity contribution in [3.05, 3.63) is 34.9 Å². The molecule has 0 aliphatic carbocycles. The summed E-state index contributed by atoms with van der Waals surface area (Å²) in [7, 11) is 3.43. The Balaban J connectivity index is 2.76. The molecule has 0 aromatic heterocycles. The van der Waals surface area contributed by atoms with Crippen LogP contribution in [0.15, 0.2) is 29.3 Å². The van der Waals surface area contributed by atoms with E-state index in [-0.39, 0.29) is 18.5 Å².